The van der Waals surface area contributed by atoms with E-state index >= 15 is 0 Å². The van der Waals surface area contributed by atoms with Crippen molar-refractivity contribution in [1.29, 1.82) is 0 Å². The first-order valence-electron chi connectivity index (χ1n) is 6.14. The average Bonchev–Trinajstić information content (AvgIpc) is 2.46. The zero-order chi connectivity index (χ0) is 14.4. The van der Waals surface area contributed by atoms with E-state index in [-0.39, 0.29) is 0 Å². The van der Waals surface area contributed by atoms with Crippen molar-refractivity contribution in [2.24, 2.45) is 5.73 Å². The molecule has 0 aromatic heterocycles. The van der Waals surface area contributed by atoms with E-state index in [9.17, 15) is 4.79 Å². The molecule has 2 rings (SSSR count). The molecular weight excluding hydrogens is 270 g/mol. The van der Waals surface area contributed by atoms with Gasteiger partial charge in [0.2, 0.25) is 5.91 Å². The van der Waals surface area contributed by atoms with Crippen LogP contribution in [0, 0.1) is 0 Å². The largest absolute Gasteiger partial charge is 0.366 e. The summed E-state index contributed by atoms with van der Waals surface area (Å²) < 4.78 is 0. The number of carbonyl (C=O) groups excluding carboxylic acids is 1. The molecule has 2 aromatic rings. The van der Waals surface area contributed by atoms with Gasteiger partial charge in [-0.1, -0.05) is 36.4 Å². The maximum Gasteiger partial charge on any atom is 0.248 e. The summed E-state index contributed by atoms with van der Waals surface area (Å²) in [4.78, 5) is 11.1. The number of hydrogen-bond acceptors (Lipinski definition) is 2. The van der Waals surface area contributed by atoms with Crippen molar-refractivity contribution in [1.82, 2.24) is 5.32 Å². The minimum Gasteiger partial charge on any atom is -0.366 e. The first-order chi connectivity index (χ1) is 9.65. The van der Waals surface area contributed by atoms with Gasteiger partial charge in [0.1, 0.15) is 0 Å². The standard InChI is InChI=1S/C15H15N3OS/c16-14(19)12-7-4-8-13(9-12)18-15(20)17-10-11-5-2-1-3-6-11/h1-9H,10H2,(H2,16,19)(H2,17,18,20). The molecule has 0 saturated heterocycles. The number of carbonyl (C=O) groups is 1. The third-order valence-corrected chi connectivity index (χ3v) is 2.95. The summed E-state index contributed by atoms with van der Waals surface area (Å²) in [5.41, 5.74) is 7.55. The Labute approximate surface area is 123 Å². The van der Waals surface area contributed by atoms with Gasteiger partial charge < -0.3 is 16.4 Å². The van der Waals surface area contributed by atoms with Gasteiger partial charge in [0.05, 0.1) is 0 Å². The van der Waals surface area contributed by atoms with E-state index in [1.54, 1.807) is 18.2 Å². The van der Waals surface area contributed by atoms with E-state index in [4.69, 9.17) is 18.0 Å². The van der Waals surface area contributed by atoms with Crippen LogP contribution in [0.4, 0.5) is 5.69 Å². The molecular formula is C15H15N3OS. The molecule has 20 heavy (non-hydrogen) atoms. The smallest absolute Gasteiger partial charge is 0.248 e. The summed E-state index contributed by atoms with van der Waals surface area (Å²) in [7, 11) is 0. The molecule has 102 valence electrons. The number of primary amides is 1. The molecule has 0 bridgehead atoms. The molecule has 0 heterocycles. The number of hydrogen-bond donors (Lipinski definition) is 3. The molecule has 0 aliphatic carbocycles. The Balaban J connectivity index is 1.91. The lowest BCUT2D eigenvalue weighted by molar-refractivity contribution is 0.100. The van der Waals surface area contributed by atoms with Gasteiger partial charge in [0, 0.05) is 17.8 Å². The van der Waals surface area contributed by atoms with Crippen molar-refractivity contribution in [2.45, 2.75) is 6.54 Å². The fourth-order valence-electron chi connectivity index (χ4n) is 1.70. The van der Waals surface area contributed by atoms with Gasteiger partial charge in [0.25, 0.3) is 0 Å². The molecule has 4 N–H and O–H groups in total. The monoisotopic (exact) mass is 285 g/mol. The summed E-state index contributed by atoms with van der Waals surface area (Å²) in [5, 5.41) is 6.62. The van der Waals surface area contributed by atoms with Crippen LogP contribution in [-0.2, 0) is 6.54 Å². The quantitative estimate of drug-likeness (QED) is 0.754. The first kappa shape index (κ1) is 14.0. The molecule has 0 unspecified atom stereocenters. The van der Waals surface area contributed by atoms with Crippen LogP contribution < -0.4 is 16.4 Å². The lowest BCUT2D eigenvalue weighted by atomic mass is 10.2. The number of benzene rings is 2. The SMILES string of the molecule is NC(=O)c1cccc(NC(=S)NCc2ccccc2)c1. The molecule has 0 saturated carbocycles. The maximum atomic E-state index is 11.1. The Morgan fingerprint density at radius 1 is 1.10 bits per heavy atom. The fraction of sp³-hybridized carbons (Fsp3) is 0.0667. The minimum atomic E-state index is -0.461. The molecule has 0 aliphatic rings. The zero-order valence-electron chi connectivity index (χ0n) is 10.8. The van der Waals surface area contributed by atoms with Gasteiger partial charge in [-0.25, -0.2) is 0 Å². The van der Waals surface area contributed by atoms with Crippen molar-refractivity contribution in [3.63, 3.8) is 0 Å². The van der Waals surface area contributed by atoms with E-state index in [2.05, 4.69) is 10.6 Å². The van der Waals surface area contributed by atoms with Crippen LogP contribution in [0.3, 0.4) is 0 Å². The number of amides is 1. The van der Waals surface area contributed by atoms with Gasteiger partial charge in [-0.2, -0.15) is 0 Å². The van der Waals surface area contributed by atoms with Gasteiger partial charge in [-0.3, -0.25) is 4.79 Å². The third kappa shape index (κ3) is 4.07. The van der Waals surface area contributed by atoms with Crippen molar-refractivity contribution >= 4 is 28.9 Å². The number of anilines is 1. The average molecular weight is 285 g/mol. The maximum absolute atomic E-state index is 11.1. The molecule has 0 atom stereocenters. The molecule has 1 amide bonds. The van der Waals surface area contributed by atoms with Crippen LogP contribution in [0.15, 0.2) is 54.6 Å². The number of nitrogens with two attached hydrogens (primary N) is 1. The molecule has 2 aromatic carbocycles. The lowest BCUT2D eigenvalue weighted by Gasteiger charge is -2.11. The van der Waals surface area contributed by atoms with Crippen LogP contribution >= 0.6 is 12.2 Å². The van der Waals surface area contributed by atoms with Crippen molar-refractivity contribution in [3.8, 4) is 0 Å². The van der Waals surface area contributed by atoms with E-state index in [1.807, 2.05) is 36.4 Å². The first-order valence-corrected chi connectivity index (χ1v) is 6.54. The Morgan fingerprint density at radius 3 is 2.55 bits per heavy atom. The van der Waals surface area contributed by atoms with Crippen LogP contribution in [0.25, 0.3) is 0 Å². The molecule has 0 fully saturated rings. The van der Waals surface area contributed by atoms with Gasteiger partial charge in [-0.15, -0.1) is 0 Å². The highest BCUT2D eigenvalue weighted by Crippen LogP contribution is 2.10. The Hall–Kier alpha value is -2.40. The zero-order valence-corrected chi connectivity index (χ0v) is 11.6. The minimum absolute atomic E-state index is 0.445. The highest BCUT2D eigenvalue weighted by Gasteiger charge is 2.02. The van der Waals surface area contributed by atoms with E-state index < -0.39 is 5.91 Å². The predicted molar refractivity (Wildman–Crippen MR) is 84.5 cm³/mol. The molecule has 5 heteroatoms. The van der Waals surface area contributed by atoms with Crippen LogP contribution in [0.1, 0.15) is 15.9 Å². The van der Waals surface area contributed by atoms with E-state index in [0.29, 0.717) is 17.2 Å². The summed E-state index contributed by atoms with van der Waals surface area (Å²) in [6.07, 6.45) is 0. The summed E-state index contributed by atoms with van der Waals surface area (Å²) in [6, 6.07) is 16.9. The Bertz CT molecular complexity index is 614. The third-order valence-electron chi connectivity index (χ3n) is 2.70. The van der Waals surface area contributed by atoms with Crippen molar-refractivity contribution in [3.05, 3.63) is 65.7 Å². The molecule has 4 nitrogen and oxygen atoms in total. The van der Waals surface area contributed by atoms with Crippen LogP contribution in [-0.4, -0.2) is 11.0 Å². The lowest BCUT2D eigenvalue weighted by Crippen LogP contribution is -2.28. The fourth-order valence-corrected chi connectivity index (χ4v) is 1.89. The van der Waals surface area contributed by atoms with E-state index in [0.717, 1.165) is 11.3 Å². The number of rotatable bonds is 4. The van der Waals surface area contributed by atoms with E-state index in [1.165, 1.54) is 0 Å². The number of nitrogens with one attached hydrogen (secondary N) is 2. The second kappa shape index (κ2) is 6.68. The van der Waals surface area contributed by atoms with Crippen molar-refractivity contribution in [2.75, 3.05) is 5.32 Å². The second-order valence-corrected chi connectivity index (χ2v) is 4.65. The Kier molecular flexibility index (Phi) is 4.68. The molecule has 0 radical (unpaired) electrons. The Morgan fingerprint density at radius 2 is 1.85 bits per heavy atom. The highest BCUT2D eigenvalue weighted by molar-refractivity contribution is 7.80. The van der Waals surface area contributed by atoms with Gasteiger partial charge in [0.15, 0.2) is 5.11 Å². The topological polar surface area (TPSA) is 67.2 Å². The van der Waals surface area contributed by atoms with Gasteiger partial charge >= 0.3 is 0 Å². The summed E-state index contributed by atoms with van der Waals surface area (Å²) >= 11 is 5.21. The van der Waals surface area contributed by atoms with Crippen LogP contribution in [0.5, 0.6) is 0 Å². The molecule has 0 aliphatic heterocycles. The predicted octanol–water partition coefficient (Wildman–Crippen LogP) is 2.27. The summed E-state index contributed by atoms with van der Waals surface area (Å²) in [5.74, 6) is -0.461. The van der Waals surface area contributed by atoms with Crippen LogP contribution in [0.2, 0.25) is 0 Å². The van der Waals surface area contributed by atoms with Crippen molar-refractivity contribution < 1.29 is 4.79 Å². The molecule has 0 spiro atoms. The normalized spacial score (nSPS) is 9.80. The highest BCUT2D eigenvalue weighted by atomic mass is 32.1. The second-order valence-electron chi connectivity index (χ2n) is 4.24. The summed E-state index contributed by atoms with van der Waals surface area (Å²) in [6.45, 7) is 0.641. The van der Waals surface area contributed by atoms with Gasteiger partial charge in [-0.05, 0) is 36.0 Å². The number of thiocarbonyl (C=S) groups is 1.